The quantitative estimate of drug-likeness (QED) is 0.632. The molecule has 5 nitrogen and oxygen atoms in total. The highest BCUT2D eigenvalue weighted by atomic mass is 16.5. The number of esters is 1. The zero-order valence-corrected chi connectivity index (χ0v) is 14.6. The number of carbonyl (C=O) groups excluding carboxylic acids is 2. The highest BCUT2D eigenvalue weighted by molar-refractivity contribution is 6.23. The number of nitrogens with zero attached hydrogens (tertiary/aromatic N) is 1. The molecule has 0 fully saturated rings. The van der Waals surface area contributed by atoms with E-state index >= 15 is 0 Å². The van der Waals surface area contributed by atoms with E-state index in [-0.39, 0.29) is 17.1 Å². The van der Waals surface area contributed by atoms with Gasteiger partial charge in [-0.25, -0.2) is 4.79 Å². The summed E-state index contributed by atoms with van der Waals surface area (Å²) in [6.45, 7) is 5.68. The molecule has 25 heavy (non-hydrogen) atoms. The number of carbonyl (C=O) groups is 2. The van der Waals surface area contributed by atoms with E-state index < -0.39 is 5.97 Å². The third-order valence-corrected chi connectivity index (χ3v) is 4.08. The van der Waals surface area contributed by atoms with Crippen molar-refractivity contribution in [1.29, 1.82) is 0 Å². The van der Waals surface area contributed by atoms with E-state index in [2.05, 4.69) is 0 Å². The minimum atomic E-state index is -0.546. The molecule has 0 saturated carbocycles. The Labute approximate surface area is 146 Å². The fourth-order valence-corrected chi connectivity index (χ4v) is 3.09. The molecular formula is C20H19NO4. The molecule has 2 heterocycles. The molecule has 0 spiro atoms. The predicted molar refractivity (Wildman–Crippen MR) is 94.8 cm³/mol. The van der Waals surface area contributed by atoms with Crippen molar-refractivity contribution in [2.24, 2.45) is 0 Å². The lowest BCUT2D eigenvalue weighted by Gasteiger charge is -2.19. The van der Waals surface area contributed by atoms with Gasteiger partial charge in [0.2, 0.25) is 0 Å². The SMILES string of the molecule is COC(=O)C1=C(C)N(c2cc(C)cc(C)c2)C(=O)C1=Cc1ccco1. The minimum absolute atomic E-state index is 0.253. The number of ether oxygens (including phenoxy) is 1. The lowest BCUT2D eigenvalue weighted by molar-refractivity contribution is -0.136. The third-order valence-electron chi connectivity index (χ3n) is 4.08. The van der Waals surface area contributed by atoms with Gasteiger partial charge in [-0.2, -0.15) is 0 Å². The van der Waals surface area contributed by atoms with Crippen LogP contribution in [0.4, 0.5) is 5.69 Å². The normalized spacial score (nSPS) is 16.1. The molecule has 1 amide bonds. The molecule has 0 radical (unpaired) electrons. The first-order valence-electron chi connectivity index (χ1n) is 7.90. The van der Waals surface area contributed by atoms with Crippen molar-refractivity contribution in [3.05, 3.63) is 70.3 Å². The summed E-state index contributed by atoms with van der Waals surface area (Å²) in [7, 11) is 1.30. The molecule has 0 atom stereocenters. The topological polar surface area (TPSA) is 59.8 Å². The Bertz CT molecular complexity index is 884. The van der Waals surface area contributed by atoms with Gasteiger partial charge in [-0.05, 0) is 62.2 Å². The molecule has 1 aliphatic rings. The molecule has 3 rings (SSSR count). The van der Waals surface area contributed by atoms with E-state index in [9.17, 15) is 9.59 Å². The van der Waals surface area contributed by atoms with Crippen LogP contribution in [-0.4, -0.2) is 19.0 Å². The van der Waals surface area contributed by atoms with Crippen LogP contribution in [0.15, 0.2) is 57.9 Å². The summed E-state index contributed by atoms with van der Waals surface area (Å²) in [6, 6.07) is 9.31. The lowest BCUT2D eigenvalue weighted by Crippen LogP contribution is -2.24. The number of amides is 1. The number of furan rings is 1. The van der Waals surface area contributed by atoms with Crippen molar-refractivity contribution in [3.63, 3.8) is 0 Å². The molecule has 2 aromatic rings. The van der Waals surface area contributed by atoms with Gasteiger partial charge in [-0.3, -0.25) is 9.69 Å². The van der Waals surface area contributed by atoms with E-state index in [0.29, 0.717) is 11.5 Å². The van der Waals surface area contributed by atoms with Crippen molar-refractivity contribution < 1.29 is 18.7 Å². The van der Waals surface area contributed by atoms with E-state index in [0.717, 1.165) is 16.8 Å². The van der Waals surface area contributed by atoms with Crippen LogP contribution in [0.5, 0.6) is 0 Å². The Balaban J connectivity index is 2.16. The van der Waals surface area contributed by atoms with Crippen LogP contribution < -0.4 is 4.90 Å². The second-order valence-electron chi connectivity index (χ2n) is 6.01. The van der Waals surface area contributed by atoms with Crippen molar-refractivity contribution >= 4 is 23.6 Å². The number of anilines is 1. The predicted octanol–water partition coefficient (Wildman–Crippen LogP) is 3.77. The Morgan fingerprint density at radius 2 is 1.84 bits per heavy atom. The van der Waals surface area contributed by atoms with E-state index in [1.165, 1.54) is 13.4 Å². The van der Waals surface area contributed by atoms with Gasteiger partial charge >= 0.3 is 5.97 Å². The monoisotopic (exact) mass is 337 g/mol. The summed E-state index contributed by atoms with van der Waals surface area (Å²) in [6.07, 6.45) is 3.09. The summed E-state index contributed by atoms with van der Waals surface area (Å²) in [5, 5.41) is 0. The largest absolute Gasteiger partial charge is 0.465 e. The first-order valence-corrected chi connectivity index (χ1v) is 7.90. The molecule has 1 aromatic carbocycles. The van der Waals surface area contributed by atoms with Crippen molar-refractivity contribution in [2.45, 2.75) is 20.8 Å². The van der Waals surface area contributed by atoms with Gasteiger partial charge in [0.15, 0.2) is 0 Å². The molecule has 1 aliphatic heterocycles. The summed E-state index contributed by atoms with van der Waals surface area (Å²) < 4.78 is 10.2. The highest BCUT2D eigenvalue weighted by Crippen LogP contribution is 2.36. The summed E-state index contributed by atoms with van der Waals surface area (Å²) >= 11 is 0. The van der Waals surface area contributed by atoms with Gasteiger partial charge in [0.25, 0.3) is 5.91 Å². The van der Waals surface area contributed by atoms with E-state index in [4.69, 9.17) is 9.15 Å². The summed E-state index contributed by atoms with van der Waals surface area (Å²) in [5.74, 6) is -0.324. The molecule has 128 valence electrons. The first kappa shape index (κ1) is 16.8. The summed E-state index contributed by atoms with van der Waals surface area (Å²) in [4.78, 5) is 26.9. The number of allylic oxidation sites excluding steroid dienone is 1. The van der Waals surface area contributed by atoms with Crippen LogP contribution in [0, 0.1) is 13.8 Å². The molecule has 0 saturated heterocycles. The number of rotatable bonds is 3. The fourth-order valence-electron chi connectivity index (χ4n) is 3.09. The number of aryl methyl sites for hydroxylation is 2. The molecule has 0 unspecified atom stereocenters. The van der Waals surface area contributed by atoms with Crippen molar-refractivity contribution in [1.82, 2.24) is 0 Å². The number of hydrogen-bond acceptors (Lipinski definition) is 4. The standard InChI is InChI=1S/C20H19NO4/c1-12-8-13(2)10-15(9-12)21-14(3)18(20(23)24-4)17(19(21)22)11-16-6-5-7-25-16/h5-11H,1-4H3. The van der Waals surface area contributed by atoms with Crippen LogP contribution in [0.2, 0.25) is 0 Å². The van der Waals surface area contributed by atoms with Crippen LogP contribution in [0.1, 0.15) is 23.8 Å². The van der Waals surface area contributed by atoms with Gasteiger partial charge < -0.3 is 9.15 Å². The first-order chi connectivity index (χ1) is 11.9. The Morgan fingerprint density at radius 3 is 2.40 bits per heavy atom. The Kier molecular flexibility index (Phi) is 4.31. The number of benzene rings is 1. The molecule has 0 N–H and O–H groups in total. The smallest absolute Gasteiger partial charge is 0.340 e. The van der Waals surface area contributed by atoms with Crippen LogP contribution >= 0.6 is 0 Å². The fraction of sp³-hybridized carbons (Fsp3) is 0.200. The van der Waals surface area contributed by atoms with Gasteiger partial charge in [-0.1, -0.05) is 6.07 Å². The minimum Gasteiger partial charge on any atom is -0.465 e. The molecule has 0 bridgehead atoms. The highest BCUT2D eigenvalue weighted by Gasteiger charge is 2.38. The average molecular weight is 337 g/mol. The van der Waals surface area contributed by atoms with Crippen molar-refractivity contribution in [2.75, 3.05) is 12.0 Å². The van der Waals surface area contributed by atoms with E-state index in [1.54, 1.807) is 30.0 Å². The molecular weight excluding hydrogens is 318 g/mol. The Morgan fingerprint density at radius 1 is 1.16 bits per heavy atom. The zero-order chi connectivity index (χ0) is 18.1. The van der Waals surface area contributed by atoms with Gasteiger partial charge in [0.1, 0.15) is 5.76 Å². The molecule has 5 heteroatoms. The maximum atomic E-state index is 13.1. The van der Waals surface area contributed by atoms with Crippen LogP contribution in [-0.2, 0) is 14.3 Å². The second-order valence-corrected chi connectivity index (χ2v) is 6.01. The molecule has 0 aliphatic carbocycles. The van der Waals surface area contributed by atoms with E-state index in [1.807, 2.05) is 32.0 Å². The molecule has 1 aromatic heterocycles. The second kappa shape index (κ2) is 6.43. The number of hydrogen-bond donors (Lipinski definition) is 0. The zero-order valence-electron chi connectivity index (χ0n) is 14.6. The van der Waals surface area contributed by atoms with Gasteiger partial charge in [0.05, 0.1) is 24.5 Å². The van der Waals surface area contributed by atoms with Gasteiger partial charge in [-0.15, -0.1) is 0 Å². The maximum Gasteiger partial charge on any atom is 0.340 e. The number of methoxy groups -OCH3 is 1. The lowest BCUT2D eigenvalue weighted by atomic mass is 10.1. The van der Waals surface area contributed by atoms with Crippen molar-refractivity contribution in [3.8, 4) is 0 Å². The van der Waals surface area contributed by atoms with Crippen LogP contribution in [0.3, 0.4) is 0 Å². The Hall–Kier alpha value is -3.08. The average Bonchev–Trinajstić information content (AvgIpc) is 3.13. The third kappa shape index (κ3) is 3.01. The van der Waals surface area contributed by atoms with Crippen LogP contribution in [0.25, 0.3) is 6.08 Å². The van der Waals surface area contributed by atoms with Gasteiger partial charge in [0, 0.05) is 11.4 Å². The summed E-state index contributed by atoms with van der Waals surface area (Å²) in [5.41, 5.74) is 3.86. The maximum absolute atomic E-state index is 13.1.